The maximum Gasteiger partial charge on any atom is 0.143 e. The standard InChI is InChI=1S/C12H11Cl2N3O/c1-17-7-9(15-16-17)6-10(18)4-8-2-3-11(13)12(14)5-8/h2-3,5,7H,4,6H2,1H3. The minimum absolute atomic E-state index is 0.0638. The molecule has 0 aliphatic rings. The van der Waals surface area contributed by atoms with Crippen LogP contribution in [-0.4, -0.2) is 20.8 Å². The largest absolute Gasteiger partial charge is 0.299 e. The second-order valence-corrected chi connectivity index (χ2v) is 4.84. The number of rotatable bonds is 4. The summed E-state index contributed by atoms with van der Waals surface area (Å²) in [5, 5.41) is 8.60. The van der Waals surface area contributed by atoms with Gasteiger partial charge in [0, 0.05) is 19.7 Å². The Morgan fingerprint density at radius 1 is 1.28 bits per heavy atom. The van der Waals surface area contributed by atoms with Gasteiger partial charge in [-0.1, -0.05) is 34.5 Å². The van der Waals surface area contributed by atoms with E-state index < -0.39 is 0 Å². The Kier molecular flexibility index (Phi) is 3.99. The van der Waals surface area contributed by atoms with Gasteiger partial charge in [0.05, 0.1) is 22.2 Å². The Hall–Kier alpha value is -1.39. The number of halogens is 2. The Labute approximate surface area is 115 Å². The van der Waals surface area contributed by atoms with Gasteiger partial charge >= 0.3 is 0 Å². The molecule has 0 radical (unpaired) electrons. The molecule has 0 saturated heterocycles. The number of hydrogen-bond donors (Lipinski definition) is 0. The summed E-state index contributed by atoms with van der Waals surface area (Å²) in [5.41, 5.74) is 1.51. The first-order chi connectivity index (χ1) is 8.54. The minimum atomic E-state index is 0.0638. The van der Waals surface area contributed by atoms with Gasteiger partial charge in [-0.25, -0.2) is 0 Å². The fraction of sp³-hybridized carbons (Fsp3) is 0.250. The van der Waals surface area contributed by atoms with Crippen molar-refractivity contribution < 1.29 is 4.79 Å². The van der Waals surface area contributed by atoms with E-state index >= 15 is 0 Å². The van der Waals surface area contributed by atoms with Crippen molar-refractivity contribution in [2.75, 3.05) is 0 Å². The van der Waals surface area contributed by atoms with E-state index in [4.69, 9.17) is 23.2 Å². The van der Waals surface area contributed by atoms with E-state index in [0.717, 1.165) is 5.56 Å². The Bertz CT molecular complexity index is 580. The fourth-order valence-electron chi connectivity index (χ4n) is 1.62. The number of Topliss-reactive ketones (excluding diaryl/α,β-unsaturated/α-hetero) is 1. The van der Waals surface area contributed by atoms with Crippen LogP contribution in [0.3, 0.4) is 0 Å². The second kappa shape index (κ2) is 5.50. The highest BCUT2D eigenvalue weighted by Crippen LogP contribution is 2.22. The average molecular weight is 284 g/mol. The highest BCUT2D eigenvalue weighted by molar-refractivity contribution is 6.42. The van der Waals surface area contributed by atoms with Crippen molar-refractivity contribution >= 4 is 29.0 Å². The highest BCUT2D eigenvalue weighted by Gasteiger charge is 2.09. The van der Waals surface area contributed by atoms with Crippen LogP contribution in [0.2, 0.25) is 10.0 Å². The van der Waals surface area contributed by atoms with Crippen LogP contribution in [0, 0.1) is 0 Å². The van der Waals surface area contributed by atoms with Gasteiger partial charge < -0.3 is 0 Å². The average Bonchev–Trinajstić information content (AvgIpc) is 2.69. The number of aryl methyl sites for hydroxylation is 1. The Morgan fingerprint density at radius 3 is 2.67 bits per heavy atom. The lowest BCUT2D eigenvalue weighted by Crippen LogP contribution is -2.07. The molecule has 0 saturated carbocycles. The molecule has 2 rings (SSSR count). The number of carbonyl (C=O) groups excluding carboxylic acids is 1. The molecule has 0 aliphatic carbocycles. The van der Waals surface area contributed by atoms with E-state index in [1.807, 2.05) is 0 Å². The van der Waals surface area contributed by atoms with Crippen molar-refractivity contribution in [2.24, 2.45) is 7.05 Å². The first-order valence-corrected chi connectivity index (χ1v) is 6.11. The van der Waals surface area contributed by atoms with E-state index in [1.54, 1.807) is 36.1 Å². The summed E-state index contributed by atoms with van der Waals surface area (Å²) < 4.78 is 1.57. The normalized spacial score (nSPS) is 10.6. The predicted octanol–water partition coefficient (Wildman–Crippen LogP) is 2.48. The van der Waals surface area contributed by atoms with Crippen molar-refractivity contribution in [3.63, 3.8) is 0 Å². The molecule has 0 aliphatic heterocycles. The van der Waals surface area contributed by atoms with Crippen LogP contribution in [0.4, 0.5) is 0 Å². The van der Waals surface area contributed by atoms with Gasteiger partial charge in [0.2, 0.25) is 0 Å². The maximum atomic E-state index is 11.8. The molecule has 6 heteroatoms. The summed E-state index contributed by atoms with van der Waals surface area (Å²) in [4.78, 5) is 11.8. The zero-order valence-corrected chi connectivity index (χ0v) is 11.2. The molecular weight excluding hydrogens is 273 g/mol. The molecule has 1 aromatic carbocycles. The van der Waals surface area contributed by atoms with E-state index in [1.165, 1.54) is 0 Å². The lowest BCUT2D eigenvalue weighted by Gasteiger charge is -2.01. The summed E-state index contributed by atoms with van der Waals surface area (Å²) in [5.74, 6) is 0.0638. The Balaban J connectivity index is 2.00. The van der Waals surface area contributed by atoms with Crippen LogP contribution in [0.5, 0.6) is 0 Å². The van der Waals surface area contributed by atoms with Gasteiger partial charge in [-0.15, -0.1) is 5.10 Å². The van der Waals surface area contributed by atoms with Crippen LogP contribution in [0.1, 0.15) is 11.3 Å². The number of carbonyl (C=O) groups is 1. The van der Waals surface area contributed by atoms with Gasteiger partial charge in [0.15, 0.2) is 0 Å². The summed E-state index contributed by atoms with van der Waals surface area (Å²) >= 11 is 11.7. The zero-order chi connectivity index (χ0) is 13.1. The van der Waals surface area contributed by atoms with Crippen molar-refractivity contribution in [3.8, 4) is 0 Å². The van der Waals surface area contributed by atoms with E-state index in [9.17, 15) is 4.79 Å². The molecule has 18 heavy (non-hydrogen) atoms. The number of hydrogen-bond acceptors (Lipinski definition) is 3. The third-order valence-corrected chi connectivity index (χ3v) is 3.15. The zero-order valence-electron chi connectivity index (χ0n) is 9.73. The Morgan fingerprint density at radius 2 is 2.06 bits per heavy atom. The first kappa shape index (κ1) is 13.1. The molecule has 0 unspecified atom stereocenters. The molecule has 1 heterocycles. The molecule has 4 nitrogen and oxygen atoms in total. The van der Waals surface area contributed by atoms with Crippen molar-refractivity contribution in [3.05, 3.63) is 45.7 Å². The summed E-state index contributed by atoms with van der Waals surface area (Å²) in [7, 11) is 1.76. The predicted molar refractivity (Wildman–Crippen MR) is 69.9 cm³/mol. The fourth-order valence-corrected chi connectivity index (χ4v) is 1.94. The van der Waals surface area contributed by atoms with Crippen molar-refractivity contribution in [1.29, 1.82) is 0 Å². The van der Waals surface area contributed by atoms with Gasteiger partial charge in [-0.05, 0) is 17.7 Å². The van der Waals surface area contributed by atoms with E-state index in [-0.39, 0.29) is 12.2 Å². The molecule has 0 amide bonds. The van der Waals surface area contributed by atoms with E-state index in [0.29, 0.717) is 22.2 Å². The quantitative estimate of drug-likeness (QED) is 0.866. The second-order valence-electron chi connectivity index (χ2n) is 4.02. The van der Waals surface area contributed by atoms with E-state index in [2.05, 4.69) is 10.3 Å². The number of aromatic nitrogens is 3. The van der Waals surface area contributed by atoms with Crippen LogP contribution >= 0.6 is 23.2 Å². The number of nitrogens with zero attached hydrogens (tertiary/aromatic N) is 3. The molecule has 0 N–H and O–H groups in total. The lowest BCUT2D eigenvalue weighted by molar-refractivity contribution is -0.117. The third-order valence-electron chi connectivity index (χ3n) is 2.41. The molecular formula is C12H11Cl2N3O. The summed E-state index contributed by atoms with van der Waals surface area (Å²) in [6.07, 6.45) is 2.31. The molecule has 1 aromatic heterocycles. The molecule has 0 atom stereocenters. The van der Waals surface area contributed by atoms with Gasteiger partial charge in [-0.2, -0.15) is 0 Å². The first-order valence-electron chi connectivity index (χ1n) is 5.35. The molecule has 94 valence electrons. The summed E-state index contributed by atoms with van der Waals surface area (Å²) in [6.45, 7) is 0. The monoisotopic (exact) mass is 283 g/mol. The van der Waals surface area contributed by atoms with Gasteiger partial charge in [0.1, 0.15) is 5.78 Å². The van der Waals surface area contributed by atoms with Crippen LogP contribution in [0.15, 0.2) is 24.4 Å². The van der Waals surface area contributed by atoms with Crippen LogP contribution in [0.25, 0.3) is 0 Å². The minimum Gasteiger partial charge on any atom is -0.299 e. The SMILES string of the molecule is Cn1cc(CC(=O)Cc2ccc(Cl)c(Cl)c2)nn1. The topological polar surface area (TPSA) is 47.8 Å². The lowest BCUT2D eigenvalue weighted by atomic mass is 10.1. The van der Waals surface area contributed by atoms with Gasteiger partial charge in [0.25, 0.3) is 0 Å². The molecule has 2 aromatic rings. The highest BCUT2D eigenvalue weighted by atomic mass is 35.5. The maximum absolute atomic E-state index is 11.8. The molecule has 0 spiro atoms. The number of benzene rings is 1. The van der Waals surface area contributed by atoms with Crippen molar-refractivity contribution in [1.82, 2.24) is 15.0 Å². The van der Waals surface area contributed by atoms with Crippen LogP contribution in [-0.2, 0) is 24.7 Å². The third kappa shape index (κ3) is 3.31. The van der Waals surface area contributed by atoms with Crippen LogP contribution < -0.4 is 0 Å². The smallest absolute Gasteiger partial charge is 0.143 e. The van der Waals surface area contributed by atoms with Gasteiger partial charge in [-0.3, -0.25) is 9.48 Å². The summed E-state index contributed by atoms with van der Waals surface area (Å²) in [6, 6.07) is 5.19. The van der Waals surface area contributed by atoms with Crippen molar-refractivity contribution in [2.45, 2.75) is 12.8 Å². The molecule has 0 fully saturated rings. The molecule has 0 bridgehead atoms. The number of ketones is 1.